The monoisotopic (exact) mass is 288 g/mol. The molecule has 0 aliphatic carbocycles. The Labute approximate surface area is 122 Å². The third-order valence-electron chi connectivity index (χ3n) is 2.88. The number of nitro groups is 1. The third kappa shape index (κ3) is 3.70. The summed E-state index contributed by atoms with van der Waals surface area (Å²) in [5, 5.41) is 14.0. The second kappa shape index (κ2) is 6.71. The lowest BCUT2D eigenvalue weighted by molar-refractivity contribution is -0.385. The van der Waals surface area contributed by atoms with E-state index in [1.807, 2.05) is 31.3 Å². The molecule has 0 aliphatic heterocycles. The molecule has 2 aromatic carbocycles. The number of non-ortho nitro benzene ring substituents is 1. The molecule has 2 aromatic rings. The molecular formula is C15H16N2O4. The Balaban J connectivity index is 2.35. The lowest BCUT2D eigenvalue weighted by atomic mass is 10.2. The van der Waals surface area contributed by atoms with E-state index in [0.717, 1.165) is 5.56 Å². The van der Waals surface area contributed by atoms with Crippen molar-refractivity contribution in [2.75, 3.05) is 14.2 Å². The van der Waals surface area contributed by atoms with Gasteiger partial charge >= 0.3 is 0 Å². The van der Waals surface area contributed by atoms with Gasteiger partial charge in [-0.3, -0.25) is 10.1 Å². The summed E-state index contributed by atoms with van der Waals surface area (Å²) in [7, 11) is 3.30. The van der Waals surface area contributed by atoms with E-state index >= 15 is 0 Å². The fourth-order valence-electron chi connectivity index (χ4n) is 1.91. The number of rotatable bonds is 6. The van der Waals surface area contributed by atoms with Crippen molar-refractivity contribution < 1.29 is 14.4 Å². The molecule has 21 heavy (non-hydrogen) atoms. The van der Waals surface area contributed by atoms with Crippen molar-refractivity contribution in [3.8, 4) is 17.2 Å². The zero-order valence-corrected chi connectivity index (χ0v) is 11.8. The summed E-state index contributed by atoms with van der Waals surface area (Å²) in [6.07, 6.45) is 0. The predicted molar refractivity (Wildman–Crippen MR) is 78.9 cm³/mol. The smallest absolute Gasteiger partial charge is 0.276 e. The zero-order valence-electron chi connectivity index (χ0n) is 11.8. The van der Waals surface area contributed by atoms with Crippen LogP contribution < -0.4 is 14.8 Å². The molecule has 0 fully saturated rings. The minimum absolute atomic E-state index is 0.0737. The van der Waals surface area contributed by atoms with E-state index in [1.165, 1.54) is 19.2 Å². The van der Waals surface area contributed by atoms with Crippen LogP contribution >= 0.6 is 0 Å². The molecule has 6 nitrogen and oxygen atoms in total. The quantitative estimate of drug-likeness (QED) is 0.653. The zero-order chi connectivity index (χ0) is 15.2. The molecule has 0 atom stereocenters. The molecule has 0 saturated carbocycles. The molecule has 0 unspecified atom stereocenters. The van der Waals surface area contributed by atoms with Crippen LogP contribution in [-0.4, -0.2) is 19.1 Å². The van der Waals surface area contributed by atoms with Gasteiger partial charge in [0.15, 0.2) is 0 Å². The Kier molecular flexibility index (Phi) is 4.73. The summed E-state index contributed by atoms with van der Waals surface area (Å²) >= 11 is 0. The van der Waals surface area contributed by atoms with Crippen LogP contribution in [0.25, 0.3) is 0 Å². The average molecular weight is 288 g/mol. The second-order valence-corrected chi connectivity index (χ2v) is 4.36. The van der Waals surface area contributed by atoms with E-state index in [1.54, 1.807) is 6.07 Å². The number of nitrogens with zero attached hydrogens (tertiary/aromatic N) is 1. The Hall–Kier alpha value is -2.60. The van der Waals surface area contributed by atoms with Crippen LogP contribution in [-0.2, 0) is 6.54 Å². The summed E-state index contributed by atoms with van der Waals surface area (Å²) < 4.78 is 10.8. The van der Waals surface area contributed by atoms with Gasteiger partial charge in [0.05, 0.1) is 24.2 Å². The Bertz CT molecular complexity index is 643. The molecule has 0 saturated heterocycles. The number of hydrogen-bond acceptors (Lipinski definition) is 5. The van der Waals surface area contributed by atoms with Crippen molar-refractivity contribution >= 4 is 5.69 Å². The maximum atomic E-state index is 10.9. The summed E-state index contributed by atoms with van der Waals surface area (Å²) in [6.45, 7) is 0.641. The highest BCUT2D eigenvalue weighted by Crippen LogP contribution is 2.32. The Morgan fingerprint density at radius 3 is 2.57 bits per heavy atom. The minimum atomic E-state index is -0.477. The van der Waals surface area contributed by atoms with Crippen LogP contribution in [0.2, 0.25) is 0 Å². The first-order valence-corrected chi connectivity index (χ1v) is 6.38. The number of benzene rings is 2. The summed E-state index contributed by atoms with van der Waals surface area (Å²) in [4.78, 5) is 10.5. The van der Waals surface area contributed by atoms with Gasteiger partial charge in [0.2, 0.25) is 0 Å². The number of para-hydroxylation sites is 1. The highest BCUT2D eigenvalue weighted by Gasteiger charge is 2.12. The first-order chi connectivity index (χ1) is 10.1. The molecule has 6 heteroatoms. The molecule has 0 aliphatic rings. The van der Waals surface area contributed by atoms with Crippen LogP contribution in [0.3, 0.4) is 0 Å². The van der Waals surface area contributed by atoms with Gasteiger partial charge in [-0.25, -0.2) is 0 Å². The van der Waals surface area contributed by atoms with Gasteiger partial charge in [-0.15, -0.1) is 0 Å². The van der Waals surface area contributed by atoms with Gasteiger partial charge in [-0.1, -0.05) is 18.2 Å². The van der Waals surface area contributed by atoms with Crippen molar-refractivity contribution in [2.45, 2.75) is 6.54 Å². The van der Waals surface area contributed by atoms with Gasteiger partial charge in [-0.05, 0) is 13.1 Å². The molecule has 0 amide bonds. The molecule has 0 radical (unpaired) electrons. The molecule has 2 rings (SSSR count). The molecule has 0 bridgehead atoms. The lowest BCUT2D eigenvalue weighted by Crippen LogP contribution is -2.06. The maximum absolute atomic E-state index is 10.9. The molecule has 0 spiro atoms. The van der Waals surface area contributed by atoms with Gasteiger partial charge in [0.1, 0.15) is 17.2 Å². The minimum Gasteiger partial charge on any atom is -0.496 e. The average Bonchev–Trinajstić information content (AvgIpc) is 2.49. The third-order valence-corrected chi connectivity index (χ3v) is 2.88. The van der Waals surface area contributed by atoms with Crippen molar-refractivity contribution in [1.29, 1.82) is 0 Å². The van der Waals surface area contributed by atoms with E-state index in [2.05, 4.69) is 5.32 Å². The van der Waals surface area contributed by atoms with Crippen LogP contribution in [0.15, 0.2) is 42.5 Å². The predicted octanol–water partition coefficient (Wildman–Crippen LogP) is 3.12. The highest BCUT2D eigenvalue weighted by molar-refractivity contribution is 5.48. The lowest BCUT2D eigenvalue weighted by Gasteiger charge is -2.11. The molecule has 1 N–H and O–H groups in total. The number of nitrogens with one attached hydrogen (secondary N) is 1. The fourth-order valence-corrected chi connectivity index (χ4v) is 1.91. The summed E-state index contributed by atoms with van der Waals surface area (Å²) in [5.74, 6) is 1.39. The van der Waals surface area contributed by atoms with Gasteiger partial charge in [0.25, 0.3) is 5.69 Å². The van der Waals surface area contributed by atoms with Gasteiger partial charge in [0, 0.05) is 18.2 Å². The van der Waals surface area contributed by atoms with Crippen molar-refractivity contribution in [2.24, 2.45) is 0 Å². The van der Waals surface area contributed by atoms with E-state index < -0.39 is 4.92 Å². The Morgan fingerprint density at radius 1 is 1.19 bits per heavy atom. The van der Waals surface area contributed by atoms with E-state index in [4.69, 9.17) is 9.47 Å². The van der Waals surface area contributed by atoms with E-state index in [0.29, 0.717) is 23.8 Å². The highest BCUT2D eigenvalue weighted by atomic mass is 16.6. The van der Waals surface area contributed by atoms with Crippen LogP contribution in [0.1, 0.15) is 5.56 Å². The standard InChI is InChI=1S/C15H16N2O4/c1-16-10-11-5-3-4-6-15(11)21-14-8-12(17(18)19)7-13(9-14)20-2/h3-9,16H,10H2,1-2H3. The van der Waals surface area contributed by atoms with Crippen molar-refractivity contribution in [3.05, 3.63) is 58.1 Å². The second-order valence-electron chi connectivity index (χ2n) is 4.36. The largest absolute Gasteiger partial charge is 0.496 e. The van der Waals surface area contributed by atoms with Crippen molar-refractivity contribution in [3.63, 3.8) is 0 Å². The number of ether oxygens (including phenoxy) is 2. The van der Waals surface area contributed by atoms with Crippen LogP contribution in [0, 0.1) is 10.1 Å². The topological polar surface area (TPSA) is 73.6 Å². The summed E-state index contributed by atoms with van der Waals surface area (Å²) in [5.41, 5.74) is 0.890. The first-order valence-electron chi connectivity index (χ1n) is 6.38. The normalized spacial score (nSPS) is 10.2. The van der Waals surface area contributed by atoms with E-state index in [-0.39, 0.29) is 5.69 Å². The number of methoxy groups -OCH3 is 1. The first kappa shape index (κ1) is 14.8. The molecular weight excluding hydrogens is 272 g/mol. The van der Waals surface area contributed by atoms with Gasteiger partial charge < -0.3 is 14.8 Å². The molecule has 0 aromatic heterocycles. The maximum Gasteiger partial charge on any atom is 0.276 e. The SMILES string of the molecule is CNCc1ccccc1Oc1cc(OC)cc([N+](=O)[O-])c1. The van der Waals surface area contributed by atoms with Crippen LogP contribution in [0.4, 0.5) is 5.69 Å². The molecule has 0 heterocycles. The van der Waals surface area contributed by atoms with E-state index in [9.17, 15) is 10.1 Å². The van der Waals surface area contributed by atoms with Crippen LogP contribution in [0.5, 0.6) is 17.2 Å². The number of nitro benzene ring substituents is 1. The Morgan fingerprint density at radius 2 is 1.90 bits per heavy atom. The van der Waals surface area contributed by atoms with Crippen molar-refractivity contribution in [1.82, 2.24) is 5.32 Å². The number of hydrogen-bond donors (Lipinski definition) is 1. The van der Waals surface area contributed by atoms with Gasteiger partial charge in [-0.2, -0.15) is 0 Å². The summed E-state index contributed by atoms with van der Waals surface area (Å²) in [6, 6.07) is 11.9. The fraction of sp³-hybridized carbons (Fsp3) is 0.200. The molecule has 110 valence electrons.